The predicted octanol–water partition coefficient (Wildman–Crippen LogP) is 2.93. The molecule has 1 aromatic heterocycles. The zero-order valence-corrected chi connectivity index (χ0v) is 9.98. The van der Waals surface area contributed by atoms with Crippen LogP contribution in [0.1, 0.15) is 24.6 Å². The smallest absolute Gasteiger partial charge is 0.0827 e. The normalized spacial score (nSPS) is 10.6. The third-order valence-electron chi connectivity index (χ3n) is 2.33. The monoisotopic (exact) mass is 235 g/mol. The average Bonchev–Trinajstić information content (AvgIpc) is 2.66. The van der Waals surface area contributed by atoms with Crippen LogP contribution in [-0.4, -0.2) is 15.0 Å². The quantitative estimate of drug-likeness (QED) is 0.816. The van der Waals surface area contributed by atoms with E-state index in [4.69, 9.17) is 11.6 Å². The van der Waals surface area contributed by atoms with E-state index >= 15 is 0 Å². The summed E-state index contributed by atoms with van der Waals surface area (Å²) in [5.41, 5.74) is 2.19. The Bertz CT molecular complexity index is 465. The summed E-state index contributed by atoms with van der Waals surface area (Å²) in [4.78, 5) is 0. The minimum absolute atomic E-state index is 0.720. The first-order valence-corrected chi connectivity index (χ1v) is 5.79. The van der Waals surface area contributed by atoms with Gasteiger partial charge in [-0.3, -0.25) is 0 Å². The second-order valence-electron chi connectivity index (χ2n) is 3.79. The summed E-state index contributed by atoms with van der Waals surface area (Å²) in [6.07, 6.45) is 4.07. The van der Waals surface area contributed by atoms with E-state index in [0.717, 1.165) is 35.7 Å². The Kier molecular flexibility index (Phi) is 3.57. The van der Waals surface area contributed by atoms with E-state index in [0.29, 0.717) is 0 Å². The molecule has 4 heteroatoms. The number of aryl methyl sites for hydroxylation is 1. The fourth-order valence-corrected chi connectivity index (χ4v) is 1.82. The maximum Gasteiger partial charge on any atom is 0.0827 e. The summed E-state index contributed by atoms with van der Waals surface area (Å²) in [6.45, 7) is 2.85. The molecule has 0 saturated heterocycles. The lowest BCUT2D eigenvalue weighted by Crippen LogP contribution is -2.00. The Morgan fingerprint density at radius 2 is 2.25 bits per heavy atom. The largest absolute Gasteiger partial charge is 0.248 e. The van der Waals surface area contributed by atoms with Crippen molar-refractivity contribution in [3.8, 4) is 0 Å². The summed E-state index contributed by atoms with van der Waals surface area (Å²) in [5.74, 6) is 0. The fraction of sp³-hybridized carbons (Fsp3) is 0.333. The minimum atomic E-state index is 0.720. The minimum Gasteiger partial charge on any atom is -0.248 e. The van der Waals surface area contributed by atoms with Gasteiger partial charge in [-0.05, 0) is 24.1 Å². The Balaban J connectivity index is 2.08. The van der Waals surface area contributed by atoms with Crippen LogP contribution >= 0.6 is 11.6 Å². The highest BCUT2D eigenvalue weighted by Crippen LogP contribution is 2.11. The molecule has 3 nitrogen and oxygen atoms in total. The van der Waals surface area contributed by atoms with E-state index in [1.54, 1.807) is 0 Å². The molecule has 0 fully saturated rings. The van der Waals surface area contributed by atoms with Crippen molar-refractivity contribution in [3.63, 3.8) is 0 Å². The van der Waals surface area contributed by atoms with Gasteiger partial charge in [0.05, 0.1) is 12.2 Å². The van der Waals surface area contributed by atoms with Gasteiger partial charge in [0.15, 0.2) is 0 Å². The van der Waals surface area contributed by atoms with Crippen LogP contribution in [0.25, 0.3) is 0 Å². The number of aromatic nitrogens is 3. The standard InChI is InChI=1S/C12H14ClN3/c1-2-4-12-9-16(15-14-12)8-10-5-3-6-11(13)7-10/h3,5-7,9H,2,4,8H2,1H3. The van der Waals surface area contributed by atoms with Gasteiger partial charge in [0.2, 0.25) is 0 Å². The molecule has 0 amide bonds. The van der Waals surface area contributed by atoms with Gasteiger partial charge in [0.1, 0.15) is 0 Å². The van der Waals surface area contributed by atoms with Gasteiger partial charge in [0.25, 0.3) is 0 Å². The average molecular weight is 236 g/mol. The zero-order chi connectivity index (χ0) is 11.4. The molecular weight excluding hydrogens is 222 g/mol. The van der Waals surface area contributed by atoms with Crippen molar-refractivity contribution >= 4 is 11.6 Å². The highest BCUT2D eigenvalue weighted by atomic mass is 35.5. The molecule has 0 aliphatic heterocycles. The second kappa shape index (κ2) is 5.12. The molecule has 1 heterocycles. The number of rotatable bonds is 4. The summed E-state index contributed by atoms with van der Waals surface area (Å²) in [5, 5.41) is 8.94. The number of halogens is 1. The Labute approximate surface area is 100 Å². The van der Waals surface area contributed by atoms with Crippen molar-refractivity contribution in [2.75, 3.05) is 0 Å². The lowest BCUT2D eigenvalue weighted by atomic mass is 10.2. The van der Waals surface area contributed by atoms with Gasteiger partial charge in [-0.25, -0.2) is 4.68 Å². The molecule has 84 valence electrons. The van der Waals surface area contributed by atoms with Crippen LogP contribution in [0, 0.1) is 0 Å². The lowest BCUT2D eigenvalue weighted by Gasteiger charge is -2.00. The van der Waals surface area contributed by atoms with E-state index < -0.39 is 0 Å². The number of nitrogens with zero attached hydrogens (tertiary/aromatic N) is 3. The molecule has 0 unspecified atom stereocenters. The van der Waals surface area contributed by atoms with Gasteiger partial charge in [0, 0.05) is 11.2 Å². The van der Waals surface area contributed by atoms with Crippen LogP contribution in [0.3, 0.4) is 0 Å². The molecule has 2 rings (SSSR count). The van der Waals surface area contributed by atoms with E-state index in [-0.39, 0.29) is 0 Å². The van der Waals surface area contributed by atoms with Crippen molar-refractivity contribution in [2.24, 2.45) is 0 Å². The van der Waals surface area contributed by atoms with Crippen molar-refractivity contribution in [1.82, 2.24) is 15.0 Å². The first-order valence-electron chi connectivity index (χ1n) is 5.41. The summed E-state index contributed by atoms with van der Waals surface area (Å²) >= 11 is 5.92. The summed E-state index contributed by atoms with van der Waals surface area (Å²) in [7, 11) is 0. The Morgan fingerprint density at radius 3 is 3.00 bits per heavy atom. The van der Waals surface area contributed by atoms with Crippen LogP contribution in [-0.2, 0) is 13.0 Å². The third-order valence-corrected chi connectivity index (χ3v) is 2.56. The number of benzene rings is 1. The van der Waals surface area contributed by atoms with Crippen LogP contribution in [0.5, 0.6) is 0 Å². The summed E-state index contributed by atoms with van der Waals surface area (Å²) in [6, 6.07) is 7.80. The van der Waals surface area contributed by atoms with Crippen molar-refractivity contribution < 1.29 is 0 Å². The van der Waals surface area contributed by atoms with E-state index in [1.165, 1.54) is 0 Å². The molecule has 2 aromatic rings. The molecule has 0 atom stereocenters. The zero-order valence-electron chi connectivity index (χ0n) is 9.23. The highest BCUT2D eigenvalue weighted by molar-refractivity contribution is 6.30. The SMILES string of the molecule is CCCc1cn(Cc2cccc(Cl)c2)nn1. The number of hydrogen-bond acceptors (Lipinski definition) is 2. The van der Waals surface area contributed by atoms with Crippen LogP contribution < -0.4 is 0 Å². The molecule has 0 aliphatic carbocycles. The second-order valence-corrected chi connectivity index (χ2v) is 4.22. The van der Waals surface area contributed by atoms with Gasteiger partial charge in [-0.15, -0.1) is 5.10 Å². The van der Waals surface area contributed by atoms with Crippen molar-refractivity contribution in [3.05, 3.63) is 46.7 Å². The van der Waals surface area contributed by atoms with E-state index in [9.17, 15) is 0 Å². The molecule has 0 bridgehead atoms. The Morgan fingerprint density at radius 1 is 1.38 bits per heavy atom. The molecular formula is C12H14ClN3. The lowest BCUT2D eigenvalue weighted by molar-refractivity contribution is 0.649. The maximum absolute atomic E-state index is 5.92. The van der Waals surface area contributed by atoms with Crippen LogP contribution in [0.2, 0.25) is 5.02 Å². The maximum atomic E-state index is 5.92. The topological polar surface area (TPSA) is 30.7 Å². The predicted molar refractivity (Wildman–Crippen MR) is 64.6 cm³/mol. The Hall–Kier alpha value is -1.35. The van der Waals surface area contributed by atoms with Gasteiger partial charge in [-0.1, -0.05) is 42.3 Å². The molecule has 0 aliphatic rings. The van der Waals surface area contributed by atoms with Crippen LogP contribution in [0.15, 0.2) is 30.5 Å². The molecule has 0 spiro atoms. The van der Waals surface area contributed by atoms with Gasteiger partial charge < -0.3 is 0 Å². The van der Waals surface area contributed by atoms with Crippen molar-refractivity contribution in [2.45, 2.75) is 26.3 Å². The van der Waals surface area contributed by atoms with E-state index in [1.807, 2.05) is 35.1 Å². The van der Waals surface area contributed by atoms with Crippen molar-refractivity contribution in [1.29, 1.82) is 0 Å². The molecule has 1 aromatic carbocycles. The first kappa shape index (κ1) is 11.1. The first-order chi connectivity index (χ1) is 7.78. The van der Waals surface area contributed by atoms with Gasteiger partial charge >= 0.3 is 0 Å². The molecule has 0 saturated carbocycles. The molecule has 0 N–H and O–H groups in total. The van der Waals surface area contributed by atoms with E-state index in [2.05, 4.69) is 17.2 Å². The highest BCUT2D eigenvalue weighted by Gasteiger charge is 2.01. The molecule has 0 radical (unpaired) electrons. The van der Waals surface area contributed by atoms with Gasteiger partial charge in [-0.2, -0.15) is 0 Å². The summed E-state index contributed by atoms with van der Waals surface area (Å²) < 4.78 is 1.84. The number of hydrogen-bond donors (Lipinski definition) is 0. The van der Waals surface area contributed by atoms with Crippen LogP contribution in [0.4, 0.5) is 0 Å². The fourth-order valence-electron chi connectivity index (χ4n) is 1.61. The third kappa shape index (κ3) is 2.83. The molecule has 16 heavy (non-hydrogen) atoms.